The summed E-state index contributed by atoms with van der Waals surface area (Å²) in [5.74, 6) is 0. The van der Waals surface area contributed by atoms with Gasteiger partial charge in [-0.2, -0.15) is 0 Å². The molecule has 0 aromatic carbocycles. The average molecular weight is 334 g/mol. The number of rotatable bonds is 1. The topological polar surface area (TPSA) is 245 Å². The van der Waals surface area contributed by atoms with Crippen LogP contribution in [0.2, 0.25) is 0 Å². The second-order valence-corrected chi connectivity index (χ2v) is 4.22. The summed E-state index contributed by atoms with van der Waals surface area (Å²) in [6.45, 7) is 0. The molecule has 17 heteroatoms. The van der Waals surface area contributed by atoms with E-state index in [0.717, 1.165) is 0 Å². The van der Waals surface area contributed by atoms with Crippen molar-refractivity contribution in [3.63, 3.8) is 0 Å². The summed E-state index contributed by atoms with van der Waals surface area (Å²) in [6, 6.07) is 0. The Hall–Kier alpha value is 0.342. The normalized spacial score (nSPS) is 11.0. The van der Waals surface area contributed by atoms with Crippen LogP contribution in [0.15, 0.2) is 0 Å². The van der Waals surface area contributed by atoms with E-state index in [1.54, 1.807) is 0 Å². The Morgan fingerprint density at radius 3 is 1.06 bits per heavy atom. The van der Waals surface area contributed by atoms with E-state index in [9.17, 15) is 4.57 Å². The van der Waals surface area contributed by atoms with Gasteiger partial charge in [0.1, 0.15) is 0 Å². The molecule has 0 aromatic heterocycles. The van der Waals surface area contributed by atoms with Crippen molar-refractivity contribution in [3.05, 3.63) is 0 Å². The first-order chi connectivity index (χ1) is 6.56. The molecule has 0 aliphatic carbocycles. The van der Waals surface area contributed by atoms with Gasteiger partial charge >= 0.3 is 25.2 Å². The predicted molar refractivity (Wildman–Crippen MR) is 44.3 cm³/mol. The van der Waals surface area contributed by atoms with E-state index in [0.29, 0.717) is 0 Å². The van der Waals surface area contributed by atoms with Crippen LogP contribution in [0.25, 0.3) is 0 Å². The zero-order valence-corrected chi connectivity index (χ0v) is 11.0. The maximum absolute atomic E-state index is 9.22. The Morgan fingerprint density at radius 2 is 1.06 bits per heavy atom. The summed E-state index contributed by atoms with van der Waals surface area (Å²) >= 11 is 0. The fraction of sp³-hybridized carbons (Fsp3) is 0. The van der Waals surface area contributed by atoms with Gasteiger partial charge in [-0.15, -0.1) is 4.67 Å². The average Bonchev–Trinajstić information content (AvgIpc) is 1.77. The molecular weight excluding hydrogens is 330 g/mol. The van der Waals surface area contributed by atoms with Gasteiger partial charge < -0.3 is 23.4 Å². The first-order valence-electron chi connectivity index (χ1n) is 2.30. The second-order valence-electron chi connectivity index (χ2n) is 1.41. The maximum Gasteiger partial charge on any atom is 3.00 e. The fourth-order valence-electron chi connectivity index (χ4n) is 0. The van der Waals surface area contributed by atoms with Gasteiger partial charge in [0.15, 0.2) is 0 Å². The first kappa shape index (κ1) is 26.0. The van der Waals surface area contributed by atoms with Crippen LogP contribution in [0.1, 0.15) is 0 Å². The zero-order valence-electron chi connectivity index (χ0n) is 7.30. The second kappa shape index (κ2) is 10.3. The van der Waals surface area contributed by atoms with Crippen LogP contribution in [0.5, 0.6) is 0 Å². The molecule has 13 nitrogen and oxygen atoms in total. The van der Waals surface area contributed by atoms with Gasteiger partial charge in [0.25, 0.3) is 0 Å². The Balaban J connectivity index is -0.0000000729. The Morgan fingerprint density at radius 1 is 1.00 bits per heavy atom. The number of hydrogen-bond donors (Lipinski definition) is 4. The molecule has 0 rings (SSSR count). The van der Waals surface area contributed by atoms with E-state index in [1.165, 1.54) is 0 Å². The van der Waals surface area contributed by atoms with Gasteiger partial charge in [0.05, 0.1) is 0 Å². The fourth-order valence-corrected chi connectivity index (χ4v) is 0. The largest absolute Gasteiger partial charge is 3.00 e. The first-order valence-corrected chi connectivity index (χ1v) is 6.53. The summed E-state index contributed by atoms with van der Waals surface area (Å²) in [6.07, 6.45) is 0. The van der Waals surface area contributed by atoms with Gasteiger partial charge in [0, 0.05) is 10.4 Å². The van der Waals surface area contributed by atoms with Crippen LogP contribution in [-0.2, 0) is 30.0 Å². The maximum atomic E-state index is 9.22. The molecule has 0 aliphatic heterocycles. The smallest absolute Gasteiger partial charge is 0.759 e. The van der Waals surface area contributed by atoms with Gasteiger partial charge in [0.2, 0.25) is 10.4 Å². The molecule has 0 bridgehead atoms. The van der Waals surface area contributed by atoms with Crippen LogP contribution < -0.4 is 0 Å². The molecule has 4 N–H and O–H groups in total. The van der Waals surface area contributed by atoms with E-state index < -0.39 is 28.6 Å². The summed E-state index contributed by atoms with van der Waals surface area (Å²) in [7, 11) is -14.7. The summed E-state index contributed by atoms with van der Waals surface area (Å²) in [5.41, 5.74) is 0. The summed E-state index contributed by atoms with van der Waals surface area (Å²) in [4.78, 5) is 14.9. The van der Waals surface area contributed by atoms with Crippen molar-refractivity contribution in [2.45, 2.75) is 0 Å². The molecule has 0 heterocycles. The van der Waals surface area contributed by atoms with Crippen LogP contribution in [0.3, 0.4) is 0 Å². The third-order valence-corrected chi connectivity index (χ3v) is 0.319. The molecule has 0 saturated carbocycles. The van der Waals surface area contributed by atoms with Crippen molar-refractivity contribution in [2.24, 2.45) is 0 Å². The molecule has 0 spiro atoms. The molecule has 0 aromatic rings. The van der Waals surface area contributed by atoms with Gasteiger partial charge in [-0.3, -0.25) is 13.0 Å². The van der Waals surface area contributed by atoms with Crippen LogP contribution in [0, 0.1) is 0 Å². The number of phosphoric acid groups is 1. The van der Waals surface area contributed by atoms with Crippen LogP contribution in [0.4, 0.5) is 0 Å². The predicted octanol–water partition coefficient (Wildman–Crippen LogP) is -3.15. The molecule has 0 atom stereocenters. The minimum absolute atomic E-state index is 0. The SMILES string of the molecule is O=P(O)(O)OO.O=S(=O)([O-])O.O=S(=O)([O-])[O-].[Al+3]. The molecule has 102 valence electrons. The standard InChI is InChI=1S/Al.H3O5P.2H2O4S/c;1-5-6(2,3)4;2*1-5(2,3)4/h;1H,(H2,2,3,4);2*(H2,1,2,3,4)/q+3;;;/p-3. The Bertz CT molecular complexity index is 349. The van der Waals surface area contributed by atoms with Crippen molar-refractivity contribution in [3.8, 4) is 0 Å². The Labute approximate surface area is 105 Å². The van der Waals surface area contributed by atoms with E-state index in [4.69, 9.17) is 50.1 Å². The summed E-state index contributed by atoms with van der Waals surface area (Å²) in [5, 5.41) is 7.14. The third kappa shape index (κ3) is 301. The Kier molecular flexibility index (Phi) is 15.7. The van der Waals surface area contributed by atoms with Crippen LogP contribution in [-0.4, -0.2) is 67.5 Å². The van der Waals surface area contributed by atoms with Crippen molar-refractivity contribution in [1.82, 2.24) is 0 Å². The van der Waals surface area contributed by atoms with E-state index in [-0.39, 0.29) is 17.4 Å². The third-order valence-electron chi connectivity index (χ3n) is 0.106. The molecule has 0 saturated heterocycles. The van der Waals surface area contributed by atoms with Crippen molar-refractivity contribution in [2.75, 3.05) is 0 Å². The van der Waals surface area contributed by atoms with E-state index in [2.05, 4.69) is 4.67 Å². The van der Waals surface area contributed by atoms with E-state index in [1.807, 2.05) is 0 Å². The number of hydrogen-bond acceptors (Lipinski definition) is 10. The van der Waals surface area contributed by atoms with Gasteiger partial charge in [-0.05, 0) is 0 Å². The minimum atomic E-state index is -5.17. The molecule has 0 amide bonds. The van der Waals surface area contributed by atoms with Crippen LogP contribution >= 0.6 is 7.82 Å². The molecular formula is H4AlO13PS2. The summed E-state index contributed by atoms with van der Waals surface area (Å²) < 4.78 is 78.7. The minimum Gasteiger partial charge on any atom is -0.759 e. The van der Waals surface area contributed by atoms with Crippen molar-refractivity contribution < 1.29 is 59.3 Å². The van der Waals surface area contributed by atoms with Crippen molar-refractivity contribution >= 4 is 46.0 Å². The molecule has 0 aliphatic rings. The van der Waals surface area contributed by atoms with E-state index >= 15 is 0 Å². The van der Waals surface area contributed by atoms with Crippen molar-refractivity contribution in [1.29, 1.82) is 0 Å². The van der Waals surface area contributed by atoms with Gasteiger partial charge in [-0.25, -0.2) is 18.2 Å². The van der Waals surface area contributed by atoms with Gasteiger partial charge in [-0.1, -0.05) is 0 Å². The molecule has 0 radical (unpaired) electrons. The molecule has 0 unspecified atom stereocenters. The monoisotopic (exact) mass is 334 g/mol. The zero-order chi connectivity index (χ0) is 14.2. The molecule has 17 heavy (non-hydrogen) atoms. The molecule has 0 fully saturated rings. The quantitative estimate of drug-likeness (QED) is 0.0924.